The Morgan fingerprint density at radius 3 is 2.58 bits per heavy atom. The summed E-state index contributed by atoms with van der Waals surface area (Å²) >= 11 is 0. The molecule has 2 rings (SSSR count). The first-order valence-electron chi connectivity index (χ1n) is 6.10. The Morgan fingerprint density at radius 2 is 2.00 bits per heavy atom. The SMILES string of the molecule is Cl.O=C(NCCC1CCNC1)c1cc(F)cc(F)c1. The van der Waals surface area contributed by atoms with Crippen LogP contribution in [0.1, 0.15) is 23.2 Å². The average Bonchev–Trinajstić information content (AvgIpc) is 2.80. The Balaban J connectivity index is 0.00000180. The third-order valence-corrected chi connectivity index (χ3v) is 3.13. The molecule has 1 aromatic rings. The monoisotopic (exact) mass is 290 g/mol. The number of benzene rings is 1. The van der Waals surface area contributed by atoms with Gasteiger partial charge in [0.1, 0.15) is 11.6 Å². The van der Waals surface area contributed by atoms with Gasteiger partial charge in [0.2, 0.25) is 0 Å². The molecule has 0 aliphatic carbocycles. The van der Waals surface area contributed by atoms with Crippen LogP contribution in [-0.4, -0.2) is 25.5 Å². The quantitative estimate of drug-likeness (QED) is 0.892. The van der Waals surface area contributed by atoms with E-state index in [0.717, 1.165) is 44.1 Å². The van der Waals surface area contributed by atoms with Crippen LogP contribution in [0.2, 0.25) is 0 Å². The van der Waals surface area contributed by atoms with Crippen molar-refractivity contribution in [2.45, 2.75) is 12.8 Å². The molecule has 0 saturated carbocycles. The first-order chi connectivity index (χ1) is 8.65. The van der Waals surface area contributed by atoms with Crippen LogP contribution in [-0.2, 0) is 0 Å². The molecular formula is C13H17ClF2N2O. The number of halogens is 3. The first kappa shape index (κ1) is 15.9. The molecule has 0 aromatic heterocycles. The summed E-state index contributed by atoms with van der Waals surface area (Å²) in [5.41, 5.74) is 0.0250. The molecule has 0 spiro atoms. The van der Waals surface area contributed by atoms with Gasteiger partial charge in [0.05, 0.1) is 0 Å². The van der Waals surface area contributed by atoms with Gasteiger partial charge in [-0.05, 0) is 44.0 Å². The molecule has 19 heavy (non-hydrogen) atoms. The lowest BCUT2D eigenvalue weighted by Crippen LogP contribution is -2.26. The molecule has 1 aliphatic heterocycles. The number of rotatable bonds is 4. The fourth-order valence-corrected chi connectivity index (χ4v) is 2.14. The van der Waals surface area contributed by atoms with E-state index in [2.05, 4.69) is 10.6 Å². The topological polar surface area (TPSA) is 41.1 Å². The zero-order valence-corrected chi connectivity index (χ0v) is 11.2. The highest BCUT2D eigenvalue weighted by molar-refractivity contribution is 5.94. The molecule has 1 heterocycles. The van der Waals surface area contributed by atoms with Gasteiger partial charge in [-0.25, -0.2) is 8.78 Å². The van der Waals surface area contributed by atoms with Crippen LogP contribution in [0.5, 0.6) is 0 Å². The van der Waals surface area contributed by atoms with Crippen molar-refractivity contribution in [2.24, 2.45) is 5.92 Å². The van der Waals surface area contributed by atoms with Gasteiger partial charge >= 0.3 is 0 Å². The van der Waals surface area contributed by atoms with Crippen molar-refractivity contribution >= 4 is 18.3 Å². The zero-order valence-electron chi connectivity index (χ0n) is 10.4. The van der Waals surface area contributed by atoms with Crippen LogP contribution in [0.25, 0.3) is 0 Å². The summed E-state index contributed by atoms with van der Waals surface area (Å²) in [6.07, 6.45) is 2.00. The van der Waals surface area contributed by atoms with E-state index in [0.29, 0.717) is 12.5 Å². The van der Waals surface area contributed by atoms with Crippen molar-refractivity contribution in [3.8, 4) is 0 Å². The van der Waals surface area contributed by atoms with E-state index in [1.807, 2.05) is 0 Å². The normalized spacial score (nSPS) is 17.9. The van der Waals surface area contributed by atoms with E-state index in [1.165, 1.54) is 0 Å². The molecule has 1 aliphatic rings. The van der Waals surface area contributed by atoms with E-state index >= 15 is 0 Å². The molecule has 6 heteroatoms. The Bertz CT molecular complexity index is 416. The number of carbonyl (C=O) groups excluding carboxylic acids is 1. The number of amides is 1. The Morgan fingerprint density at radius 1 is 1.32 bits per heavy atom. The molecule has 1 amide bonds. The highest BCUT2D eigenvalue weighted by atomic mass is 35.5. The summed E-state index contributed by atoms with van der Waals surface area (Å²) in [6.45, 7) is 2.53. The molecule has 1 atom stereocenters. The molecule has 1 aromatic carbocycles. The van der Waals surface area contributed by atoms with Gasteiger partial charge < -0.3 is 10.6 Å². The predicted octanol–water partition coefficient (Wildman–Crippen LogP) is 2.12. The van der Waals surface area contributed by atoms with Crippen molar-refractivity contribution in [3.63, 3.8) is 0 Å². The molecule has 3 nitrogen and oxygen atoms in total. The molecule has 1 saturated heterocycles. The third-order valence-electron chi connectivity index (χ3n) is 3.13. The van der Waals surface area contributed by atoms with Gasteiger partial charge in [-0.3, -0.25) is 4.79 Å². The Kier molecular flexibility index (Phi) is 6.18. The predicted molar refractivity (Wildman–Crippen MR) is 71.5 cm³/mol. The maximum absolute atomic E-state index is 12.9. The Hall–Kier alpha value is -1.20. The van der Waals surface area contributed by atoms with Gasteiger partial charge in [-0.1, -0.05) is 0 Å². The second-order valence-corrected chi connectivity index (χ2v) is 4.56. The van der Waals surface area contributed by atoms with E-state index in [9.17, 15) is 13.6 Å². The summed E-state index contributed by atoms with van der Waals surface area (Å²) in [5, 5.41) is 5.93. The average molecular weight is 291 g/mol. The number of hydrogen-bond acceptors (Lipinski definition) is 2. The molecule has 1 unspecified atom stereocenters. The number of carbonyl (C=O) groups is 1. The van der Waals surface area contributed by atoms with Crippen molar-refractivity contribution < 1.29 is 13.6 Å². The van der Waals surface area contributed by atoms with Gasteiger partial charge in [0, 0.05) is 18.2 Å². The highest BCUT2D eigenvalue weighted by Gasteiger charge is 2.14. The summed E-state index contributed by atoms with van der Waals surface area (Å²) in [6, 6.07) is 2.83. The van der Waals surface area contributed by atoms with E-state index < -0.39 is 17.5 Å². The summed E-state index contributed by atoms with van der Waals surface area (Å²) in [4.78, 5) is 11.7. The van der Waals surface area contributed by atoms with Gasteiger partial charge in [0.25, 0.3) is 5.91 Å². The number of hydrogen-bond donors (Lipinski definition) is 2. The van der Waals surface area contributed by atoms with Crippen LogP contribution >= 0.6 is 12.4 Å². The summed E-state index contributed by atoms with van der Waals surface area (Å²) in [5.74, 6) is -1.32. The minimum Gasteiger partial charge on any atom is -0.352 e. The minimum atomic E-state index is -0.736. The number of nitrogens with one attached hydrogen (secondary N) is 2. The Labute approximate surface area is 117 Å². The second-order valence-electron chi connectivity index (χ2n) is 4.56. The van der Waals surface area contributed by atoms with Gasteiger partial charge in [-0.2, -0.15) is 0 Å². The van der Waals surface area contributed by atoms with Gasteiger partial charge in [-0.15, -0.1) is 12.4 Å². The van der Waals surface area contributed by atoms with Crippen LogP contribution in [0.15, 0.2) is 18.2 Å². The lowest BCUT2D eigenvalue weighted by atomic mass is 10.1. The highest BCUT2D eigenvalue weighted by Crippen LogP contribution is 2.11. The van der Waals surface area contributed by atoms with Crippen LogP contribution in [0, 0.1) is 17.6 Å². The fraction of sp³-hybridized carbons (Fsp3) is 0.462. The first-order valence-corrected chi connectivity index (χ1v) is 6.10. The summed E-state index contributed by atoms with van der Waals surface area (Å²) < 4.78 is 25.9. The molecular weight excluding hydrogens is 274 g/mol. The molecule has 1 fully saturated rings. The maximum atomic E-state index is 12.9. The fourth-order valence-electron chi connectivity index (χ4n) is 2.14. The minimum absolute atomic E-state index is 0. The zero-order chi connectivity index (χ0) is 13.0. The van der Waals surface area contributed by atoms with Crippen molar-refractivity contribution in [3.05, 3.63) is 35.4 Å². The molecule has 0 bridgehead atoms. The van der Waals surface area contributed by atoms with Crippen LogP contribution < -0.4 is 10.6 Å². The smallest absolute Gasteiger partial charge is 0.251 e. The second kappa shape index (κ2) is 7.40. The standard InChI is InChI=1S/C13H16F2N2O.ClH/c14-11-5-10(6-12(15)7-11)13(18)17-4-2-9-1-3-16-8-9;/h5-7,9,16H,1-4,8H2,(H,17,18);1H. The third kappa shape index (κ3) is 4.76. The lowest BCUT2D eigenvalue weighted by molar-refractivity contribution is 0.0950. The largest absolute Gasteiger partial charge is 0.352 e. The van der Waals surface area contributed by atoms with Crippen molar-refractivity contribution in [2.75, 3.05) is 19.6 Å². The van der Waals surface area contributed by atoms with Gasteiger partial charge in [0.15, 0.2) is 0 Å². The maximum Gasteiger partial charge on any atom is 0.251 e. The summed E-state index contributed by atoms with van der Waals surface area (Å²) in [7, 11) is 0. The lowest BCUT2D eigenvalue weighted by Gasteiger charge is -2.09. The van der Waals surface area contributed by atoms with Crippen LogP contribution in [0.4, 0.5) is 8.78 Å². The molecule has 0 radical (unpaired) electrons. The van der Waals surface area contributed by atoms with Crippen LogP contribution in [0.3, 0.4) is 0 Å². The van der Waals surface area contributed by atoms with Crippen molar-refractivity contribution in [1.82, 2.24) is 10.6 Å². The molecule has 2 N–H and O–H groups in total. The van der Waals surface area contributed by atoms with Crippen molar-refractivity contribution in [1.29, 1.82) is 0 Å². The molecule has 106 valence electrons. The van der Waals surface area contributed by atoms with E-state index in [1.54, 1.807) is 0 Å². The van der Waals surface area contributed by atoms with E-state index in [4.69, 9.17) is 0 Å². The van der Waals surface area contributed by atoms with E-state index in [-0.39, 0.29) is 18.0 Å².